The number of hydrogen-bond donors (Lipinski definition) is 1. The molecule has 1 N–H and O–H groups in total. The lowest BCUT2D eigenvalue weighted by atomic mass is 10.1. The first-order chi connectivity index (χ1) is 10.1. The zero-order chi connectivity index (χ0) is 15.0. The van der Waals surface area contributed by atoms with E-state index in [-0.39, 0.29) is 17.7 Å². The highest BCUT2D eigenvalue weighted by Gasteiger charge is 2.11. The summed E-state index contributed by atoms with van der Waals surface area (Å²) in [6, 6.07) is 6.41. The van der Waals surface area contributed by atoms with E-state index in [2.05, 4.69) is 15.3 Å². The fourth-order valence-corrected chi connectivity index (χ4v) is 2.09. The van der Waals surface area contributed by atoms with E-state index in [0.29, 0.717) is 17.0 Å². The summed E-state index contributed by atoms with van der Waals surface area (Å²) in [6.07, 6.45) is 1.41. The van der Waals surface area contributed by atoms with Crippen molar-refractivity contribution in [1.82, 2.24) is 24.4 Å². The second kappa shape index (κ2) is 4.82. The van der Waals surface area contributed by atoms with Crippen molar-refractivity contribution in [2.75, 3.05) is 0 Å². The maximum Gasteiger partial charge on any atom is 0.335 e. The van der Waals surface area contributed by atoms with E-state index in [1.165, 1.54) is 27.5 Å². The summed E-state index contributed by atoms with van der Waals surface area (Å²) in [6.45, 7) is 1.80. The molecule has 2 heterocycles. The summed E-state index contributed by atoms with van der Waals surface area (Å²) in [7, 11) is 0. The van der Waals surface area contributed by atoms with E-state index in [0.717, 1.165) is 0 Å². The number of aromatic nitrogens is 5. The maximum atomic E-state index is 12.2. The lowest BCUT2D eigenvalue weighted by molar-refractivity contribution is 0.0696. The van der Waals surface area contributed by atoms with E-state index >= 15 is 0 Å². The Morgan fingerprint density at radius 2 is 2.19 bits per heavy atom. The Labute approximate surface area is 118 Å². The van der Waals surface area contributed by atoms with Gasteiger partial charge in [0.15, 0.2) is 0 Å². The highest BCUT2D eigenvalue weighted by atomic mass is 16.4. The number of aromatic carboxylic acids is 1. The highest BCUT2D eigenvalue weighted by Crippen LogP contribution is 2.08. The first-order valence-electron chi connectivity index (χ1n) is 6.16. The van der Waals surface area contributed by atoms with Crippen LogP contribution < -0.4 is 5.56 Å². The normalized spacial score (nSPS) is 10.9. The Hall–Kier alpha value is -3.03. The Morgan fingerprint density at radius 1 is 1.38 bits per heavy atom. The molecule has 0 spiro atoms. The zero-order valence-electron chi connectivity index (χ0n) is 11.1. The van der Waals surface area contributed by atoms with Crippen molar-refractivity contribution in [2.45, 2.75) is 13.5 Å². The molecule has 0 unspecified atom stereocenters. The standard InChI is InChI=1S/C13H11N5O3/c1-8-11(19)17(13-15-14-7-18(13)16-8)6-9-3-2-4-10(5-9)12(20)21/h2-5,7H,6H2,1H3,(H,20,21). The molecular formula is C13H11N5O3. The topological polar surface area (TPSA) is 102 Å². The van der Waals surface area contributed by atoms with Crippen LogP contribution in [0.15, 0.2) is 35.4 Å². The van der Waals surface area contributed by atoms with Gasteiger partial charge in [-0.05, 0) is 24.6 Å². The van der Waals surface area contributed by atoms with Crippen LogP contribution in [0.1, 0.15) is 21.6 Å². The molecule has 0 amide bonds. The van der Waals surface area contributed by atoms with Crippen LogP contribution in [0.2, 0.25) is 0 Å². The zero-order valence-corrected chi connectivity index (χ0v) is 11.1. The third kappa shape index (κ3) is 2.27. The average Bonchev–Trinajstić information content (AvgIpc) is 2.92. The van der Waals surface area contributed by atoms with Gasteiger partial charge in [-0.25, -0.2) is 4.79 Å². The van der Waals surface area contributed by atoms with E-state index in [4.69, 9.17) is 5.11 Å². The Balaban J connectivity index is 2.12. The average molecular weight is 285 g/mol. The molecule has 0 saturated carbocycles. The molecule has 0 fully saturated rings. The molecule has 0 atom stereocenters. The van der Waals surface area contributed by atoms with Gasteiger partial charge < -0.3 is 5.11 Å². The van der Waals surface area contributed by atoms with Crippen LogP contribution in [0.4, 0.5) is 0 Å². The van der Waals surface area contributed by atoms with Crippen molar-refractivity contribution in [3.05, 3.63) is 57.8 Å². The van der Waals surface area contributed by atoms with Gasteiger partial charge in [0, 0.05) is 0 Å². The van der Waals surface area contributed by atoms with Crippen LogP contribution in [-0.2, 0) is 6.54 Å². The summed E-state index contributed by atoms with van der Waals surface area (Å²) in [4.78, 5) is 23.2. The minimum atomic E-state index is -1.01. The fourth-order valence-electron chi connectivity index (χ4n) is 2.09. The van der Waals surface area contributed by atoms with Crippen molar-refractivity contribution in [3.8, 4) is 0 Å². The highest BCUT2D eigenvalue weighted by molar-refractivity contribution is 5.87. The van der Waals surface area contributed by atoms with Crippen molar-refractivity contribution in [1.29, 1.82) is 0 Å². The minimum Gasteiger partial charge on any atom is -0.478 e. The molecule has 3 aromatic rings. The monoisotopic (exact) mass is 285 g/mol. The van der Waals surface area contributed by atoms with Gasteiger partial charge in [0.25, 0.3) is 11.3 Å². The lowest BCUT2D eigenvalue weighted by Gasteiger charge is -2.08. The van der Waals surface area contributed by atoms with E-state index in [1.54, 1.807) is 19.1 Å². The van der Waals surface area contributed by atoms with Gasteiger partial charge in [-0.15, -0.1) is 10.2 Å². The number of benzene rings is 1. The largest absolute Gasteiger partial charge is 0.478 e. The number of nitrogens with zero attached hydrogens (tertiary/aromatic N) is 5. The van der Waals surface area contributed by atoms with E-state index < -0.39 is 5.97 Å². The van der Waals surface area contributed by atoms with Crippen LogP contribution in [0.5, 0.6) is 0 Å². The Kier molecular flexibility index (Phi) is 2.98. The first-order valence-corrected chi connectivity index (χ1v) is 6.16. The number of carboxylic acids is 1. The molecular weight excluding hydrogens is 274 g/mol. The summed E-state index contributed by atoms with van der Waals surface area (Å²) >= 11 is 0. The van der Waals surface area contributed by atoms with Gasteiger partial charge in [0.1, 0.15) is 12.0 Å². The lowest BCUT2D eigenvalue weighted by Crippen LogP contribution is -2.27. The maximum absolute atomic E-state index is 12.2. The number of carbonyl (C=O) groups is 1. The van der Waals surface area contributed by atoms with Gasteiger partial charge >= 0.3 is 5.97 Å². The third-order valence-corrected chi connectivity index (χ3v) is 3.08. The second-order valence-electron chi connectivity index (χ2n) is 4.56. The smallest absolute Gasteiger partial charge is 0.335 e. The van der Waals surface area contributed by atoms with E-state index in [9.17, 15) is 9.59 Å². The Bertz CT molecular complexity index is 896. The summed E-state index contributed by atoms with van der Waals surface area (Å²) in [5, 5.41) is 20.7. The van der Waals surface area contributed by atoms with Crippen LogP contribution in [0.3, 0.4) is 0 Å². The molecule has 1 aromatic carbocycles. The number of carboxylic acid groups (broad SMARTS) is 1. The van der Waals surface area contributed by atoms with Crippen LogP contribution in [0, 0.1) is 6.92 Å². The van der Waals surface area contributed by atoms with Crippen molar-refractivity contribution >= 4 is 11.7 Å². The van der Waals surface area contributed by atoms with Crippen LogP contribution >= 0.6 is 0 Å². The predicted molar refractivity (Wildman–Crippen MR) is 72.3 cm³/mol. The quantitative estimate of drug-likeness (QED) is 0.744. The van der Waals surface area contributed by atoms with Crippen LogP contribution in [-0.4, -0.2) is 35.5 Å². The number of hydrogen-bond acceptors (Lipinski definition) is 5. The molecule has 8 heteroatoms. The first kappa shape index (κ1) is 13.0. The van der Waals surface area contributed by atoms with Gasteiger partial charge in [-0.1, -0.05) is 12.1 Å². The molecule has 2 aromatic heterocycles. The number of aryl methyl sites for hydroxylation is 1. The van der Waals surface area contributed by atoms with Gasteiger partial charge in [-0.3, -0.25) is 9.36 Å². The molecule has 106 valence electrons. The number of fused-ring (bicyclic) bond motifs is 1. The molecule has 0 aliphatic heterocycles. The van der Waals surface area contributed by atoms with Gasteiger partial charge in [0.05, 0.1) is 12.1 Å². The number of rotatable bonds is 3. The summed E-state index contributed by atoms with van der Waals surface area (Å²) in [5.74, 6) is -0.700. The van der Waals surface area contributed by atoms with Gasteiger partial charge in [-0.2, -0.15) is 9.61 Å². The van der Waals surface area contributed by atoms with Crippen molar-refractivity contribution < 1.29 is 9.90 Å². The molecule has 8 nitrogen and oxygen atoms in total. The van der Waals surface area contributed by atoms with Crippen LogP contribution in [0.25, 0.3) is 5.78 Å². The summed E-state index contributed by atoms with van der Waals surface area (Å²) < 4.78 is 2.83. The molecule has 3 rings (SSSR count). The SMILES string of the molecule is Cc1nn2cnnc2n(Cc2cccc(C(=O)O)c2)c1=O. The molecule has 0 aliphatic rings. The van der Waals surface area contributed by atoms with Crippen molar-refractivity contribution in [2.24, 2.45) is 0 Å². The molecule has 0 radical (unpaired) electrons. The Morgan fingerprint density at radius 3 is 2.95 bits per heavy atom. The molecule has 0 saturated heterocycles. The minimum absolute atomic E-state index is 0.170. The van der Waals surface area contributed by atoms with Gasteiger partial charge in [0.2, 0.25) is 0 Å². The second-order valence-corrected chi connectivity index (χ2v) is 4.56. The fraction of sp³-hybridized carbons (Fsp3) is 0.154. The van der Waals surface area contributed by atoms with Crippen molar-refractivity contribution in [3.63, 3.8) is 0 Å². The summed E-state index contributed by atoms with van der Waals surface area (Å²) in [5.41, 5.74) is 0.893. The molecule has 0 aliphatic carbocycles. The van der Waals surface area contributed by atoms with E-state index in [1.807, 2.05) is 0 Å². The third-order valence-electron chi connectivity index (χ3n) is 3.08. The predicted octanol–water partition coefficient (Wildman–Crippen LogP) is 0.341. The molecule has 0 bridgehead atoms. The molecule has 21 heavy (non-hydrogen) atoms.